The molecule has 0 amide bonds. The Balaban J connectivity index is 2.47. The monoisotopic (exact) mass is 252 g/mol. The standard InChI is InChI=1S/C16H12O3/c17-9-12-7-10-5-6-11(16(18)19)8-15(10)14-4-2-1-3-13(12)14/h1-8,17H,9H2,(H,18,19). The number of aromatic carboxylic acids is 1. The maximum Gasteiger partial charge on any atom is 0.335 e. The van der Waals surface area contributed by atoms with Crippen LogP contribution in [-0.2, 0) is 6.61 Å². The van der Waals surface area contributed by atoms with Gasteiger partial charge in [0.2, 0.25) is 0 Å². The van der Waals surface area contributed by atoms with Crippen molar-refractivity contribution in [3.63, 3.8) is 0 Å². The zero-order chi connectivity index (χ0) is 13.4. The van der Waals surface area contributed by atoms with Crippen molar-refractivity contribution in [2.75, 3.05) is 0 Å². The molecule has 0 radical (unpaired) electrons. The molecule has 0 unspecified atom stereocenters. The summed E-state index contributed by atoms with van der Waals surface area (Å²) < 4.78 is 0. The van der Waals surface area contributed by atoms with E-state index in [2.05, 4.69) is 0 Å². The van der Waals surface area contributed by atoms with Gasteiger partial charge in [-0.2, -0.15) is 0 Å². The van der Waals surface area contributed by atoms with E-state index in [9.17, 15) is 9.90 Å². The number of fused-ring (bicyclic) bond motifs is 3. The minimum Gasteiger partial charge on any atom is -0.478 e. The first kappa shape index (κ1) is 11.7. The quantitative estimate of drug-likeness (QED) is 0.689. The first-order valence-corrected chi connectivity index (χ1v) is 5.99. The molecule has 0 saturated heterocycles. The van der Waals surface area contributed by atoms with Crippen molar-refractivity contribution in [2.45, 2.75) is 6.61 Å². The van der Waals surface area contributed by atoms with Crippen molar-refractivity contribution >= 4 is 27.5 Å². The molecule has 0 heterocycles. The molecule has 0 fully saturated rings. The van der Waals surface area contributed by atoms with Crippen LogP contribution in [0, 0.1) is 0 Å². The fourth-order valence-corrected chi connectivity index (χ4v) is 2.44. The van der Waals surface area contributed by atoms with Crippen LogP contribution in [-0.4, -0.2) is 16.2 Å². The minimum atomic E-state index is -0.933. The highest BCUT2D eigenvalue weighted by Gasteiger charge is 2.08. The van der Waals surface area contributed by atoms with Crippen molar-refractivity contribution in [1.82, 2.24) is 0 Å². The topological polar surface area (TPSA) is 57.5 Å². The molecule has 2 N–H and O–H groups in total. The second-order valence-corrected chi connectivity index (χ2v) is 4.48. The average molecular weight is 252 g/mol. The van der Waals surface area contributed by atoms with E-state index in [4.69, 9.17) is 5.11 Å². The van der Waals surface area contributed by atoms with Crippen LogP contribution in [0.2, 0.25) is 0 Å². The normalized spacial score (nSPS) is 11.0. The highest BCUT2D eigenvalue weighted by atomic mass is 16.4. The Labute approximate surface area is 109 Å². The number of benzene rings is 3. The van der Waals surface area contributed by atoms with Crippen LogP contribution in [0.25, 0.3) is 21.5 Å². The number of carboxylic acid groups (broad SMARTS) is 1. The lowest BCUT2D eigenvalue weighted by atomic mass is 9.96. The van der Waals surface area contributed by atoms with Crippen LogP contribution in [0.1, 0.15) is 15.9 Å². The summed E-state index contributed by atoms with van der Waals surface area (Å²) in [5.74, 6) is -0.933. The third-order valence-corrected chi connectivity index (χ3v) is 3.36. The summed E-state index contributed by atoms with van der Waals surface area (Å²) in [7, 11) is 0. The number of aliphatic hydroxyl groups excluding tert-OH is 1. The summed E-state index contributed by atoms with van der Waals surface area (Å²) in [6, 6.07) is 14.7. The maximum absolute atomic E-state index is 11.1. The second kappa shape index (κ2) is 4.37. The van der Waals surface area contributed by atoms with Gasteiger partial charge in [0, 0.05) is 0 Å². The fraction of sp³-hybridized carbons (Fsp3) is 0.0625. The molecule has 0 bridgehead atoms. The van der Waals surface area contributed by atoms with Crippen molar-refractivity contribution in [3.8, 4) is 0 Å². The lowest BCUT2D eigenvalue weighted by Crippen LogP contribution is -1.96. The van der Waals surface area contributed by atoms with E-state index in [1.54, 1.807) is 18.2 Å². The molecule has 3 rings (SSSR count). The maximum atomic E-state index is 11.1. The average Bonchev–Trinajstić information content (AvgIpc) is 2.45. The Bertz CT molecular complexity index is 790. The van der Waals surface area contributed by atoms with Gasteiger partial charge >= 0.3 is 5.97 Å². The predicted molar refractivity (Wildman–Crippen MR) is 74.3 cm³/mol. The highest BCUT2D eigenvalue weighted by Crippen LogP contribution is 2.29. The summed E-state index contributed by atoms with van der Waals surface area (Å²) >= 11 is 0. The molecule has 3 heteroatoms. The molecular weight excluding hydrogens is 240 g/mol. The number of rotatable bonds is 2. The van der Waals surface area contributed by atoms with Crippen LogP contribution >= 0.6 is 0 Å². The Morgan fingerprint density at radius 3 is 2.37 bits per heavy atom. The molecule has 0 saturated carbocycles. The Morgan fingerprint density at radius 2 is 1.68 bits per heavy atom. The van der Waals surface area contributed by atoms with Crippen molar-refractivity contribution in [2.24, 2.45) is 0 Å². The van der Waals surface area contributed by atoms with E-state index in [0.717, 1.165) is 27.1 Å². The van der Waals surface area contributed by atoms with E-state index in [1.165, 1.54) is 0 Å². The van der Waals surface area contributed by atoms with Crippen LogP contribution in [0.15, 0.2) is 48.5 Å². The molecule has 0 aliphatic carbocycles. The molecule has 94 valence electrons. The molecule has 0 atom stereocenters. The first-order valence-electron chi connectivity index (χ1n) is 5.99. The fourth-order valence-electron chi connectivity index (χ4n) is 2.44. The van der Waals surface area contributed by atoms with Gasteiger partial charge in [-0.25, -0.2) is 4.79 Å². The van der Waals surface area contributed by atoms with Gasteiger partial charge in [0.1, 0.15) is 0 Å². The highest BCUT2D eigenvalue weighted by molar-refractivity contribution is 6.10. The number of aliphatic hydroxyl groups is 1. The van der Waals surface area contributed by atoms with Crippen LogP contribution in [0.5, 0.6) is 0 Å². The van der Waals surface area contributed by atoms with Gasteiger partial charge < -0.3 is 10.2 Å². The zero-order valence-electron chi connectivity index (χ0n) is 10.1. The lowest BCUT2D eigenvalue weighted by molar-refractivity contribution is 0.0697. The number of hydrogen-bond donors (Lipinski definition) is 2. The summed E-state index contributed by atoms with van der Waals surface area (Å²) in [5, 5.41) is 22.3. The Kier molecular flexibility index (Phi) is 2.69. The van der Waals surface area contributed by atoms with Crippen molar-refractivity contribution in [1.29, 1.82) is 0 Å². The molecule has 3 aromatic rings. The lowest BCUT2D eigenvalue weighted by Gasteiger charge is -2.09. The van der Waals surface area contributed by atoms with E-state index in [1.807, 2.05) is 30.3 Å². The molecule has 0 aliphatic rings. The second-order valence-electron chi connectivity index (χ2n) is 4.48. The Hall–Kier alpha value is -2.39. The predicted octanol–water partition coefficient (Wildman–Crippen LogP) is 3.18. The van der Waals surface area contributed by atoms with E-state index in [-0.39, 0.29) is 12.2 Å². The van der Waals surface area contributed by atoms with Crippen LogP contribution in [0.4, 0.5) is 0 Å². The van der Waals surface area contributed by atoms with E-state index < -0.39 is 5.97 Å². The zero-order valence-corrected chi connectivity index (χ0v) is 10.1. The molecule has 0 spiro atoms. The molecule has 0 aliphatic heterocycles. The van der Waals surface area contributed by atoms with Gasteiger partial charge in [-0.05, 0) is 45.3 Å². The van der Waals surface area contributed by atoms with Crippen molar-refractivity contribution in [3.05, 3.63) is 59.7 Å². The van der Waals surface area contributed by atoms with Crippen molar-refractivity contribution < 1.29 is 15.0 Å². The molecule has 3 nitrogen and oxygen atoms in total. The number of hydrogen-bond acceptors (Lipinski definition) is 2. The Morgan fingerprint density at radius 1 is 0.947 bits per heavy atom. The van der Waals surface area contributed by atoms with Crippen LogP contribution in [0.3, 0.4) is 0 Å². The summed E-state index contributed by atoms with van der Waals surface area (Å²) in [6.45, 7) is -0.0306. The molecule has 3 aromatic carbocycles. The summed E-state index contributed by atoms with van der Waals surface area (Å²) in [6.07, 6.45) is 0. The molecule has 19 heavy (non-hydrogen) atoms. The van der Waals surface area contributed by atoms with Gasteiger partial charge in [0.05, 0.1) is 12.2 Å². The molecular formula is C16H12O3. The first-order chi connectivity index (χ1) is 9.20. The van der Waals surface area contributed by atoms with Gasteiger partial charge in [-0.3, -0.25) is 0 Å². The molecule has 0 aromatic heterocycles. The summed E-state index contributed by atoms with van der Waals surface area (Å²) in [5.41, 5.74) is 1.13. The third kappa shape index (κ3) is 1.84. The van der Waals surface area contributed by atoms with Gasteiger partial charge in [0.15, 0.2) is 0 Å². The largest absolute Gasteiger partial charge is 0.478 e. The van der Waals surface area contributed by atoms with E-state index >= 15 is 0 Å². The smallest absolute Gasteiger partial charge is 0.335 e. The SMILES string of the molecule is O=C(O)c1ccc2cc(CO)c3ccccc3c2c1. The third-order valence-electron chi connectivity index (χ3n) is 3.36. The minimum absolute atomic E-state index is 0.0306. The van der Waals surface area contributed by atoms with Gasteiger partial charge in [-0.1, -0.05) is 30.3 Å². The van der Waals surface area contributed by atoms with Gasteiger partial charge in [-0.15, -0.1) is 0 Å². The number of carbonyl (C=O) groups is 1. The van der Waals surface area contributed by atoms with Gasteiger partial charge in [0.25, 0.3) is 0 Å². The number of carboxylic acids is 1. The van der Waals surface area contributed by atoms with Crippen LogP contribution < -0.4 is 0 Å². The summed E-state index contributed by atoms with van der Waals surface area (Å²) in [4.78, 5) is 11.1. The van der Waals surface area contributed by atoms with E-state index in [0.29, 0.717) is 0 Å².